The number of hydrogen-bond acceptors (Lipinski definition) is 3. The number of hydrogen-bond donors (Lipinski definition) is 2. The van der Waals surface area contributed by atoms with E-state index in [4.69, 9.17) is 17.3 Å². The number of benzene rings is 1. The molecule has 1 aromatic carbocycles. The highest BCUT2D eigenvalue weighted by Crippen LogP contribution is 2.27. The van der Waals surface area contributed by atoms with Crippen molar-refractivity contribution in [2.75, 3.05) is 19.6 Å². The second-order valence-electron chi connectivity index (χ2n) is 6.94. The summed E-state index contributed by atoms with van der Waals surface area (Å²) in [5, 5.41) is 3.75. The first-order valence-corrected chi connectivity index (χ1v) is 8.18. The van der Waals surface area contributed by atoms with E-state index in [1.54, 1.807) is 0 Å². The lowest BCUT2D eigenvalue weighted by atomic mass is 9.80. The average molecular weight is 360 g/mol. The first kappa shape index (κ1) is 20.2. The fraction of sp³-hybridized carbons (Fsp3) is 0.588. The van der Waals surface area contributed by atoms with E-state index >= 15 is 0 Å². The summed E-state index contributed by atoms with van der Waals surface area (Å²) in [5.74, 6) is 0.0497. The Morgan fingerprint density at radius 2 is 2.04 bits per heavy atom. The number of carbonyl (C=O) groups is 1. The zero-order chi connectivity index (χ0) is 16.3. The summed E-state index contributed by atoms with van der Waals surface area (Å²) < 4.78 is 0. The number of amides is 1. The van der Waals surface area contributed by atoms with Crippen LogP contribution < -0.4 is 11.1 Å². The van der Waals surface area contributed by atoms with Gasteiger partial charge in [0.1, 0.15) is 0 Å². The maximum absolute atomic E-state index is 12.2. The van der Waals surface area contributed by atoms with Crippen molar-refractivity contribution >= 4 is 29.9 Å². The van der Waals surface area contributed by atoms with Crippen LogP contribution in [0.4, 0.5) is 0 Å². The number of nitrogens with zero attached hydrogens (tertiary/aromatic N) is 1. The molecule has 0 radical (unpaired) electrons. The molecule has 1 amide bonds. The Morgan fingerprint density at radius 1 is 1.43 bits per heavy atom. The molecule has 0 saturated carbocycles. The van der Waals surface area contributed by atoms with Crippen molar-refractivity contribution in [1.82, 2.24) is 10.2 Å². The first-order valence-electron chi connectivity index (χ1n) is 7.81. The van der Waals surface area contributed by atoms with Crippen molar-refractivity contribution in [1.29, 1.82) is 0 Å². The fourth-order valence-corrected chi connectivity index (χ4v) is 3.07. The number of rotatable bonds is 4. The van der Waals surface area contributed by atoms with E-state index < -0.39 is 0 Å². The molecule has 0 bridgehead atoms. The normalized spacial score (nSPS) is 22.0. The van der Waals surface area contributed by atoms with Gasteiger partial charge in [-0.1, -0.05) is 37.6 Å². The maximum atomic E-state index is 12.2. The van der Waals surface area contributed by atoms with Gasteiger partial charge in [0, 0.05) is 24.2 Å². The van der Waals surface area contributed by atoms with Crippen LogP contribution in [0.3, 0.4) is 0 Å². The molecule has 1 fully saturated rings. The van der Waals surface area contributed by atoms with Gasteiger partial charge in [0.2, 0.25) is 5.91 Å². The highest BCUT2D eigenvalue weighted by Gasteiger charge is 2.33. The zero-order valence-electron chi connectivity index (χ0n) is 14.0. The van der Waals surface area contributed by atoms with Crippen molar-refractivity contribution in [3.63, 3.8) is 0 Å². The van der Waals surface area contributed by atoms with Crippen LogP contribution in [0.5, 0.6) is 0 Å². The van der Waals surface area contributed by atoms with Crippen LogP contribution in [0.2, 0.25) is 5.02 Å². The number of halogens is 2. The topological polar surface area (TPSA) is 58.4 Å². The first-order chi connectivity index (χ1) is 10.3. The lowest BCUT2D eigenvalue weighted by Gasteiger charge is -2.42. The largest absolute Gasteiger partial charge is 0.348 e. The smallest absolute Gasteiger partial charge is 0.234 e. The Kier molecular flexibility index (Phi) is 7.33. The molecule has 0 aliphatic carbocycles. The van der Waals surface area contributed by atoms with Gasteiger partial charge in [-0.05, 0) is 36.5 Å². The molecule has 2 unspecified atom stereocenters. The lowest BCUT2D eigenvalue weighted by Crippen LogP contribution is -2.54. The highest BCUT2D eigenvalue weighted by atomic mass is 35.5. The minimum atomic E-state index is -0.0233. The van der Waals surface area contributed by atoms with Crippen LogP contribution in [-0.4, -0.2) is 36.5 Å². The molecular weight excluding hydrogens is 333 g/mol. The Balaban J connectivity index is 0.00000264. The van der Waals surface area contributed by atoms with Crippen LogP contribution in [-0.2, 0) is 4.79 Å². The predicted molar refractivity (Wildman–Crippen MR) is 98.1 cm³/mol. The van der Waals surface area contributed by atoms with E-state index in [0.717, 1.165) is 25.1 Å². The molecule has 2 rings (SSSR count). The molecule has 23 heavy (non-hydrogen) atoms. The molecule has 0 aromatic heterocycles. The van der Waals surface area contributed by atoms with E-state index in [0.29, 0.717) is 11.6 Å². The maximum Gasteiger partial charge on any atom is 0.234 e. The van der Waals surface area contributed by atoms with E-state index in [9.17, 15) is 4.79 Å². The summed E-state index contributed by atoms with van der Waals surface area (Å²) in [5.41, 5.74) is 7.25. The third-order valence-electron chi connectivity index (χ3n) is 4.51. The highest BCUT2D eigenvalue weighted by molar-refractivity contribution is 6.30. The monoisotopic (exact) mass is 359 g/mol. The van der Waals surface area contributed by atoms with Gasteiger partial charge in [0.25, 0.3) is 0 Å². The van der Waals surface area contributed by atoms with Crippen molar-refractivity contribution in [3.05, 3.63) is 34.9 Å². The van der Waals surface area contributed by atoms with E-state index in [-0.39, 0.29) is 35.8 Å². The number of carbonyl (C=O) groups excluding carboxylic acids is 1. The Labute approximate surface area is 150 Å². The summed E-state index contributed by atoms with van der Waals surface area (Å²) in [4.78, 5) is 14.4. The van der Waals surface area contributed by atoms with Gasteiger partial charge in [-0.3, -0.25) is 9.69 Å². The molecule has 6 heteroatoms. The molecule has 1 saturated heterocycles. The second kappa shape index (κ2) is 8.34. The molecule has 1 aliphatic heterocycles. The Hall–Kier alpha value is -0.810. The van der Waals surface area contributed by atoms with Crippen molar-refractivity contribution in [2.45, 2.75) is 39.3 Å². The third kappa shape index (κ3) is 5.64. The molecule has 1 aromatic rings. The third-order valence-corrected chi connectivity index (χ3v) is 4.76. The van der Waals surface area contributed by atoms with Crippen LogP contribution in [0.1, 0.15) is 38.8 Å². The van der Waals surface area contributed by atoms with Gasteiger partial charge in [-0.15, -0.1) is 12.4 Å². The summed E-state index contributed by atoms with van der Waals surface area (Å²) >= 11 is 5.89. The number of nitrogens with two attached hydrogens (primary N) is 1. The van der Waals surface area contributed by atoms with E-state index in [1.807, 2.05) is 31.2 Å². The Bertz CT molecular complexity index is 519. The van der Waals surface area contributed by atoms with Crippen LogP contribution in [0, 0.1) is 5.41 Å². The summed E-state index contributed by atoms with van der Waals surface area (Å²) in [6.07, 6.45) is 0.938. The predicted octanol–water partition coefficient (Wildman–Crippen LogP) is 3.00. The van der Waals surface area contributed by atoms with Gasteiger partial charge < -0.3 is 11.1 Å². The van der Waals surface area contributed by atoms with Crippen molar-refractivity contribution in [3.8, 4) is 0 Å². The summed E-state index contributed by atoms with van der Waals surface area (Å²) in [6.45, 7) is 8.48. The van der Waals surface area contributed by atoms with Gasteiger partial charge >= 0.3 is 0 Å². The van der Waals surface area contributed by atoms with Crippen molar-refractivity contribution < 1.29 is 4.79 Å². The average Bonchev–Trinajstić information content (AvgIpc) is 2.43. The molecule has 1 aliphatic rings. The van der Waals surface area contributed by atoms with Gasteiger partial charge in [0.15, 0.2) is 0 Å². The van der Waals surface area contributed by atoms with Gasteiger partial charge in [-0.2, -0.15) is 0 Å². The summed E-state index contributed by atoms with van der Waals surface area (Å²) in [7, 11) is 0. The SMILES string of the molecule is CC(NC(=O)CN1CCC(N)C(C)(C)C1)c1ccc(Cl)cc1.Cl. The lowest BCUT2D eigenvalue weighted by molar-refractivity contribution is -0.123. The zero-order valence-corrected chi connectivity index (χ0v) is 15.6. The second-order valence-corrected chi connectivity index (χ2v) is 7.37. The molecule has 130 valence electrons. The van der Waals surface area contributed by atoms with E-state index in [2.05, 4.69) is 24.1 Å². The number of nitrogens with one attached hydrogen (secondary N) is 1. The number of likely N-dealkylation sites (tertiary alicyclic amines) is 1. The van der Waals surface area contributed by atoms with Crippen LogP contribution in [0.15, 0.2) is 24.3 Å². The molecular formula is C17H27Cl2N3O. The van der Waals surface area contributed by atoms with Gasteiger partial charge in [0.05, 0.1) is 12.6 Å². The Morgan fingerprint density at radius 3 is 2.61 bits per heavy atom. The van der Waals surface area contributed by atoms with E-state index in [1.165, 1.54) is 0 Å². The molecule has 1 heterocycles. The quantitative estimate of drug-likeness (QED) is 0.868. The standard InChI is InChI=1S/C17H26ClN3O.ClH/c1-12(13-4-6-14(18)7-5-13)20-16(22)10-21-9-8-15(19)17(2,3)11-21;/h4-7,12,15H,8-11,19H2,1-3H3,(H,20,22);1H. The number of piperidine rings is 1. The fourth-order valence-electron chi connectivity index (χ4n) is 2.94. The minimum absolute atomic E-state index is 0. The minimum Gasteiger partial charge on any atom is -0.348 e. The molecule has 4 nitrogen and oxygen atoms in total. The molecule has 3 N–H and O–H groups in total. The van der Waals surface area contributed by atoms with Crippen LogP contribution >= 0.6 is 24.0 Å². The molecule has 2 atom stereocenters. The molecule has 0 spiro atoms. The van der Waals surface area contributed by atoms with Crippen molar-refractivity contribution in [2.24, 2.45) is 11.1 Å². The van der Waals surface area contributed by atoms with Gasteiger partial charge in [-0.25, -0.2) is 0 Å². The van der Waals surface area contributed by atoms with Crippen LogP contribution in [0.25, 0.3) is 0 Å². The summed E-state index contributed by atoms with van der Waals surface area (Å²) in [6, 6.07) is 7.75.